The Hall–Kier alpha value is -2.77. The monoisotopic (exact) mass is 434 g/mol. The molecule has 3 heterocycles. The lowest BCUT2D eigenvalue weighted by atomic mass is 9.94. The van der Waals surface area contributed by atoms with Crippen LogP contribution >= 0.6 is 11.3 Å². The van der Waals surface area contributed by atoms with Crippen molar-refractivity contribution in [3.63, 3.8) is 0 Å². The number of nitrogens with zero attached hydrogens (tertiary/aromatic N) is 2. The third kappa shape index (κ3) is 3.51. The van der Waals surface area contributed by atoms with Crippen molar-refractivity contribution in [2.75, 3.05) is 18.4 Å². The number of carbonyl (C=O) groups is 2. The molecule has 1 aliphatic carbocycles. The van der Waals surface area contributed by atoms with E-state index in [1.54, 1.807) is 0 Å². The Labute approximate surface area is 185 Å². The molecule has 7 heteroatoms. The molecule has 1 aromatic carbocycles. The Morgan fingerprint density at radius 3 is 2.74 bits per heavy atom. The van der Waals surface area contributed by atoms with E-state index in [1.807, 2.05) is 24.3 Å². The third-order valence-corrected chi connectivity index (χ3v) is 7.65. The molecule has 0 radical (unpaired) electrons. The molecule has 0 fully saturated rings. The van der Waals surface area contributed by atoms with Gasteiger partial charge in [-0.15, -0.1) is 11.3 Å². The maximum absolute atomic E-state index is 13.7. The molecule has 3 N–H and O–H groups in total. The number of aromatic nitrogens is 1. The Balaban J connectivity index is 1.61. The van der Waals surface area contributed by atoms with Crippen LogP contribution in [0.2, 0.25) is 0 Å². The lowest BCUT2D eigenvalue weighted by Crippen LogP contribution is -2.33. The number of aryl methyl sites for hydroxylation is 1. The van der Waals surface area contributed by atoms with Crippen molar-refractivity contribution in [2.45, 2.75) is 45.6 Å². The topological polar surface area (TPSA) is 88.3 Å². The molecule has 0 unspecified atom stereocenters. The summed E-state index contributed by atoms with van der Waals surface area (Å²) < 4.78 is 0. The number of nitrogens with two attached hydrogens (primary N) is 1. The second-order valence-electron chi connectivity index (χ2n) is 8.28. The molecule has 6 nitrogen and oxygen atoms in total. The first-order chi connectivity index (χ1) is 15.1. The minimum Gasteiger partial charge on any atom is -0.365 e. The highest BCUT2D eigenvalue weighted by molar-refractivity contribution is 7.17. The fourth-order valence-electron chi connectivity index (χ4n) is 4.86. The number of amides is 2. The van der Waals surface area contributed by atoms with Gasteiger partial charge in [0.1, 0.15) is 5.00 Å². The normalized spacial score (nSPS) is 16.0. The molecule has 1 aliphatic heterocycles. The smallest absolute Gasteiger partial charge is 0.257 e. The van der Waals surface area contributed by atoms with E-state index in [-0.39, 0.29) is 5.91 Å². The van der Waals surface area contributed by atoms with E-state index < -0.39 is 5.91 Å². The highest BCUT2D eigenvalue weighted by Crippen LogP contribution is 2.38. The zero-order chi connectivity index (χ0) is 21.5. The number of primary amides is 1. The summed E-state index contributed by atoms with van der Waals surface area (Å²) in [7, 11) is 0. The van der Waals surface area contributed by atoms with Crippen LogP contribution in [0.15, 0.2) is 24.3 Å². The van der Waals surface area contributed by atoms with Crippen LogP contribution < -0.4 is 11.1 Å². The Morgan fingerprint density at radius 1 is 1.13 bits per heavy atom. The van der Waals surface area contributed by atoms with Gasteiger partial charge in [-0.25, -0.2) is 0 Å². The SMILES string of the molecule is CCN1CCc2nc3ccccc3c(C(=O)Nc3sc4c(c3C(N)=O)CCCC4)c2C1. The van der Waals surface area contributed by atoms with Crippen molar-refractivity contribution in [3.05, 3.63) is 57.1 Å². The second-order valence-corrected chi connectivity index (χ2v) is 9.39. The van der Waals surface area contributed by atoms with Crippen molar-refractivity contribution in [1.29, 1.82) is 0 Å². The molecule has 2 amide bonds. The molecule has 5 rings (SSSR count). The standard InChI is InChI=1S/C24H26N4O2S/c1-2-28-12-11-18-16(13-28)20(14-7-3-5-9-17(14)26-18)23(30)27-24-21(22(25)29)15-8-4-6-10-19(15)31-24/h3,5,7,9H,2,4,6,8,10-13H2,1H3,(H2,25,29)(H,27,30). The molecule has 0 atom stereocenters. The predicted octanol–water partition coefficient (Wildman–Crippen LogP) is 3.90. The molecule has 2 aromatic heterocycles. The van der Waals surface area contributed by atoms with Crippen LogP contribution in [0.3, 0.4) is 0 Å². The zero-order valence-corrected chi connectivity index (χ0v) is 18.5. The lowest BCUT2D eigenvalue weighted by Gasteiger charge is -2.29. The summed E-state index contributed by atoms with van der Waals surface area (Å²) in [6, 6.07) is 7.80. The van der Waals surface area contributed by atoms with Gasteiger partial charge in [0.05, 0.1) is 16.6 Å². The van der Waals surface area contributed by atoms with Gasteiger partial charge >= 0.3 is 0 Å². The Kier molecular flexibility index (Phi) is 5.24. The summed E-state index contributed by atoms with van der Waals surface area (Å²) >= 11 is 1.50. The predicted molar refractivity (Wildman–Crippen MR) is 124 cm³/mol. The number of para-hydroxylation sites is 1. The fourth-order valence-corrected chi connectivity index (χ4v) is 6.15. The van der Waals surface area contributed by atoms with Gasteiger partial charge in [0.25, 0.3) is 11.8 Å². The van der Waals surface area contributed by atoms with E-state index in [4.69, 9.17) is 10.7 Å². The van der Waals surface area contributed by atoms with Crippen LogP contribution in [0, 0.1) is 0 Å². The first kappa shape index (κ1) is 20.2. The Morgan fingerprint density at radius 2 is 1.94 bits per heavy atom. The summed E-state index contributed by atoms with van der Waals surface area (Å²) in [6.45, 7) is 4.71. The van der Waals surface area contributed by atoms with E-state index >= 15 is 0 Å². The molecule has 0 bridgehead atoms. The number of nitrogens with one attached hydrogen (secondary N) is 1. The minimum absolute atomic E-state index is 0.186. The van der Waals surface area contributed by atoms with Crippen LogP contribution in [-0.2, 0) is 25.8 Å². The van der Waals surface area contributed by atoms with Crippen LogP contribution in [0.4, 0.5) is 5.00 Å². The summed E-state index contributed by atoms with van der Waals surface area (Å²) in [5.41, 5.74) is 10.7. The number of thiophene rings is 1. The lowest BCUT2D eigenvalue weighted by molar-refractivity contribution is 0.100. The molecule has 2 aliphatic rings. The molecule has 31 heavy (non-hydrogen) atoms. The van der Waals surface area contributed by atoms with Crippen LogP contribution in [-0.4, -0.2) is 34.8 Å². The number of hydrogen-bond donors (Lipinski definition) is 2. The second kappa shape index (κ2) is 8.05. The van der Waals surface area contributed by atoms with E-state index in [1.165, 1.54) is 16.2 Å². The van der Waals surface area contributed by atoms with Crippen molar-refractivity contribution in [2.24, 2.45) is 5.73 Å². The van der Waals surface area contributed by atoms with E-state index in [2.05, 4.69) is 17.1 Å². The van der Waals surface area contributed by atoms with Crippen molar-refractivity contribution < 1.29 is 9.59 Å². The van der Waals surface area contributed by atoms with Gasteiger partial charge in [-0.2, -0.15) is 0 Å². The summed E-state index contributed by atoms with van der Waals surface area (Å²) in [4.78, 5) is 34.3. The first-order valence-electron chi connectivity index (χ1n) is 10.9. The number of rotatable bonds is 4. The largest absolute Gasteiger partial charge is 0.365 e. The summed E-state index contributed by atoms with van der Waals surface area (Å²) in [6.07, 6.45) is 4.77. The average Bonchev–Trinajstić information content (AvgIpc) is 3.14. The number of carbonyl (C=O) groups excluding carboxylic acids is 2. The Bertz CT molecular complexity index is 1200. The van der Waals surface area contributed by atoms with Gasteiger partial charge in [-0.05, 0) is 43.9 Å². The molecular weight excluding hydrogens is 408 g/mol. The number of hydrogen-bond acceptors (Lipinski definition) is 5. The number of anilines is 1. The minimum atomic E-state index is -0.464. The van der Waals surface area contributed by atoms with Gasteiger partial charge in [-0.3, -0.25) is 19.5 Å². The van der Waals surface area contributed by atoms with Crippen molar-refractivity contribution in [3.8, 4) is 0 Å². The van der Waals surface area contributed by atoms with Gasteiger partial charge in [0.2, 0.25) is 0 Å². The van der Waals surface area contributed by atoms with Gasteiger partial charge < -0.3 is 11.1 Å². The van der Waals surface area contributed by atoms with Gasteiger partial charge in [0.15, 0.2) is 0 Å². The first-order valence-corrected chi connectivity index (χ1v) is 11.8. The number of pyridine rings is 1. The van der Waals surface area contributed by atoms with E-state index in [0.29, 0.717) is 22.7 Å². The number of likely N-dealkylation sites (N-methyl/N-ethyl adjacent to an activating group) is 1. The molecule has 160 valence electrons. The average molecular weight is 435 g/mol. The summed E-state index contributed by atoms with van der Waals surface area (Å²) in [5, 5.41) is 4.50. The molecule has 0 saturated heterocycles. The summed E-state index contributed by atoms with van der Waals surface area (Å²) in [5.74, 6) is -0.651. The third-order valence-electron chi connectivity index (χ3n) is 6.44. The molecule has 0 spiro atoms. The van der Waals surface area contributed by atoms with Gasteiger partial charge in [-0.1, -0.05) is 25.1 Å². The fraction of sp³-hybridized carbons (Fsp3) is 0.375. The van der Waals surface area contributed by atoms with E-state index in [0.717, 1.165) is 72.9 Å². The van der Waals surface area contributed by atoms with Crippen LogP contribution in [0.1, 0.15) is 62.2 Å². The quantitative estimate of drug-likeness (QED) is 0.652. The molecular formula is C24H26N4O2S. The molecule has 0 saturated carbocycles. The zero-order valence-electron chi connectivity index (χ0n) is 17.7. The van der Waals surface area contributed by atoms with Crippen LogP contribution in [0.25, 0.3) is 10.9 Å². The van der Waals surface area contributed by atoms with Gasteiger partial charge in [0, 0.05) is 41.0 Å². The number of fused-ring (bicyclic) bond motifs is 3. The van der Waals surface area contributed by atoms with Crippen molar-refractivity contribution >= 4 is 39.1 Å². The van der Waals surface area contributed by atoms with Crippen LogP contribution in [0.5, 0.6) is 0 Å². The molecule has 3 aromatic rings. The van der Waals surface area contributed by atoms with E-state index in [9.17, 15) is 9.59 Å². The maximum Gasteiger partial charge on any atom is 0.257 e. The number of benzene rings is 1. The highest BCUT2D eigenvalue weighted by Gasteiger charge is 2.28. The maximum atomic E-state index is 13.7. The van der Waals surface area contributed by atoms with Crippen molar-refractivity contribution in [1.82, 2.24) is 9.88 Å². The highest BCUT2D eigenvalue weighted by atomic mass is 32.1.